The normalized spacial score (nSPS) is 12.4. The summed E-state index contributed by atoms with van der Waals surface area (Å²) in [6.45, 7) is 1.47. The van der Waals surface area contributed by atoms with Crippen LogP contribution in [-0.4, -0.2) is 37.0 Å². The van der Waals surface area contributed by atoms with Gasteiger partial charge in [0.05, 0.1) is 11.0 Å². The van der Waals surface area contributed by atoms with Crippen LogP contribution in [0.3, 0.4) is 0 Å². The Bertz CT molecular complexity index is 424. The molecule has 1 N–H and O–H groups in total. The van der Waals surface area contributed by atoms with Gasteiger partial charge in [-0.1, -0.05) is 11.3 Å². The van der Waals surface area contributed by atoms with Crippen molar-refractivity contribution in [2.75, 3.05) is 27.2 Å². The minimum absolute atomic E-state index is 0.0645. The summed E-state index contributed by atoms with van der Waals surface area (Å²) in [7, 11) is 3.89. The number of nitriles is 1. The zero-order valence-electron chi connectivity index (χ0n) is 9.71. The van der Waals surface area contributed by atoms with Gasteiger partial charge in [-0.3, -0.25) is 15.4 Å². The number of thiophene rings is 1. The molecule has 1 aromatic rings. The third kappa shape index (κ3) is 4.11. The zero-order valence-corrected chi connectivity index (χ0v) is 10.5. The summed E-state index contributed by atoms with van der Waals surface area (Å²) >= 11 is 1.03. The third-order valence-corrected chi connectivity index (χ3v) is 3.22. The summed E-state index contributed by atoms with van der Waals surface area (Å²) in [5.74, 6) is 0. The highest BCUT2D eigenvalue weighted by Gasteiger charge is 2.16. The zero-order chi connectivity index (χ0) is 12.8. The van der Waals surface area contributed by atoms with Gasteiger partial charge in [0.25, 0.3) is 0 Å². The molecule has 1 atom stereocenters. The summed E-state index contributed by atoms with van der Waals surface area (Å²) in [5.41, 5.74) is 0. The number of nitrogens with one attached hydrogen (secondary N) is 1. The SMILES string of the molecule is CN(C)CCNC(C#N)c1ccc([N+](=O)[O-])s1. The van der Waals surface area contributed by atoms with Gasteiger partial charge in [0.2, 0.25) is 0 Å². The maximum absolute atomic E-state index is 10.5. The molecule has 1 unspecified atom stereocenters. The molecule has 1 rings (SSSR count). The molecule has 0 radical (unpaired) electrons. The van der Waals surface area contributed by atoms with E-state index >= 15 is 0 Å². The van der Waals surface area contributed by atoms with Gasteiger partial charge in [-0.15, -0.1) is 0 Å². The van der Waals surface area contributed by atoms with Gasteiger partial charge in [-0.25, -0.2) is 0 Å². The lowest BCUT2D eigenvalue weighted by molar-refractivity contribution is -0.380. The Morgan fingerprint density at radius 2 is 2.35 bits per heavy atom. The first-order chi connectivity index (χ1) is 8.04. The molecule has 0 amide bonds. The van der Waals surface area contributed by atoms with E-state index in [-0.39, 0.29) is 5.00 Å². The molecule has 0 saturated heterocycles. The number of hydrogen-bond acceptors (Lipinski definition) is 6. The minimum atomic E-state index is -0.478. The molecule has 6 nitrogen and oxygen atoms in total. The first kappa shape index (κ1) is 13.6. The van der Waals surface area contributed by atoms with Crippen LogP contribution in [0.25, 0.3) is 0 Å². The molecular weight excluding hydrogens is 240 g/mol. The summed E-state index contributed by atoms with van der Waals surface area (Å²) in [6, 6.07) is 4.68. The minimum Gasteiger partial charge on any atom is -0.308 e. The van der Waals surface area contributed by atoms with Crippen LogP contribution in [0.15, 0.2) is 12.1 Å². The molecule has 1 aromatic heterocycles. The maximum atomic E-state index is 10.5. The van der Waals surface area contributed by atoms with Gasteiger partial charge in [-0.2, -0.15) is 5.26 Å². The molecule has 0 aliphatic carbocycles. The largest absolute Gasteiger partial charge is 0.324 e. The predicted molar refractivity (Wildman–Crippen MR) is 65.9 cm³/mol. The molecule has 92 valence electrons. The van der Waals surface area contributed by atoms with E-state index in [1.165, 1.54) is 6.07 Å². The summed E-state index contributed by atoms with van der Waals surface area (Å²) in [6.07, 6.45) is 0. The summed E-state index contributed by atoms with van der Waals surface area (Å²) in [5, 5.41) is 22.7. The maximum Gasteiger partial charge on any atom is 0.324 e. The predicted octanol–water partition coefficient (Wildman–Crippen LogP) is 1.37. The Kier molecular flexibility index (Phi) is 5.03. The molecule has 0 aliphatic heterocycles. The molecule has 0 aliphatic rings. The Morgan fingerprint density at radius 3 is 2.82 bits per heavy atom. The number of hydrogen-bond donors (Lipinski definition) is 1. The standard InChI is InChI=1S/C10H14N4O2S/c1-13(2)6-5-12-8(7-11)9-3-4-10(17-9)14(15)16/h3-4,8,12H,5-6H2,1-2H3. The number of likely N-dealkylation sites (N-methyl/N-ethyl adjacent to an activating group) is 1. The van der Waals surface area contributed by atoms with E-state index in [4.69, 9.17) is 5.26 Å². The summed E-state index contributed by atoms with van der Waals surface area (Å²) in [4.78, 5) is 12.8. The van der Waals surface area contributed by atoms with Gasteiger partial charge in [-0.05, 0) is 20.2 Å². The molecule has 0 aromatic carbocycles. The first-order valence-electron chi connectivity index (χ1n) is 5.06. The fraction of sp³-hybridized carbons (Fsp3) is 0.500. The lowest BCUT2D eigenvalue weighted by Crippen LogP contribution is -2.28. The Hall–Kier alpha value is -1.49. The number of nitrogens with zero attached hydrogens (tertiary/aromatic N) is 3. The highest BCUT2D eigenvalue weighted by atomic mass is 32.1. The second kappa shape index (κ2) is 6.30. The average Bonchev–Trinajstić information content (AvgIpc) is 2.73. The van der Waals surface area contributed by atoms with Crippen LogP contribution in [-0.2, 0) is 0 Å². The molecule has 17 heavy (non-hydrogen) atoms. The fourth-order valence-corrected chi connectivity index (χ4v) is 2.08. The Morgan fingerprint density at radius 1 is 1.65 bits per heavy atom. The quantitative estimate of drug-likeness (QED) is 0.612. The van der Waals surface area contributed by atoms with Crippen LogP contribution in [0.2, 0.25) is 0 Å². The average molecular weight is 254 g/mol. The number of nitro groups is 1. The van der Waals surface area contributed by atoms with Crippen LogP contribution in [0.5, 0.6) is 0 Å². The molecular formula is C10H14N4O2S. The van der Waals surface area contributed by atoms with E-state index in [0.717, 1.165) is 17.9 Å². The fourth-order valence-electron chi connectivity index (χ4n) is 1.24. The topological polar surface area (TPSA) is 82.2 Å². The molecule has 1 heterocycles. The lowest BCUT2D eigenvalue weighted by atomic mass is 10.2. The van der Waals surface area contributed by atoms with E-state index < -0.39 is 11.0 Å². The van der Waals surface area contributed by atoms with Crippen molar-refractivity contribution >= 4 is 16.3 Å². The van der Waals surface area contributed by atoms with Gasteiger partial charge in [0, 0.05) is 24.0 Å². The van der Waals surface area contributed by atoms with Crippen LogP contribution in [0, 0.1) is 21.4 Å². The molecule has 7 heteroatoms. The van der Waals surface area contributed by atoms with E-state index in [0.29, 0.717) is 11.4 Å². The van der Waals surface area contributed by atoms with Crippen molar-refractivity contribution in [2.24, 2.45) is 0 Å². The molecule has 0 fully saturated rings. The smallest absolute Gasteiger partial charge is 0.308 e. The molecule has 0 saturated carbocycles. The van der Waals surface area contributed by atoms with Gasteiger partial charge in [0.15, 0.2) is 0 Å². The second-order valence-electron chi connectivity index (χ2n) is 3.75. The van der Waals surface area contributed by atoms with Crippen LogP contribution < -0.4 is 5.32 Å². The van der Waals surface area contributed by atoms with Crippen molar-refractivity contribution in [3.8, 4) is 6.07 Å². The van der Waals surface area contributed by atoms with E-state index in [1.54, 1.807) is 6.07 Å². The van der Waals surface area contributed by atoms with Crippen molar-refractivity contribution in [3.05, 3.63) is 27.1 Å². The Labute approximate surface area is 104 Å². The van der Waals surface area contributed by atoms with E-state index in [1.807, 2.05) is 19.0 Å². The lowest BCUT2D eigenvalue weighted by Gasteiger charge is -2.12. The highest BCUT2D eigenvalue weighted by Crippen LogP contribution is 2.28. The van der Waals surface area contributed by atoms with Gasteiger partial charge >= 0.3 is 5.00 Å². The van der Waals surface area contributed by atoms with Crippen molar-refractivity contribution in [3.63, 3.8) is 0 Å². The van der Waals surface area contributed by atoms with E-state index in [9.17, 15) is 10.1 Å². The highest BCUT2D eigenvalue weighted by molar-refractivity contribution is 7.15. The van der Waals surface area contributed by atoms with Crippen molar-refractivity contribution in [1.29, 1.82) is 5.26 Å². The number of rotatable bonds is 6. The van der Waals surface area contributed by atoms with Crippen LogP contribution >= 0.6 is 11.3 Å². The van der Waals surface area contributed by atoms with Crippen LogP contribution in [0.1, 0.15) is 10.9 Å². The van der Waals surface area contributed by atoms with Gasteiger partial charge in [0.1, 0.15) is 6.04 Å². The molecule has 0 spiro atoms. The van der Waals surface area contributed by atoms with Crippen molar-refractivity contribution in [1.82, 2.24) is 10.2 Å². The third-order valence-electron chi connectivity index (χ3n) is 2.11. The monoisotopic (exact) mass is 254 g/mol. The Balaban J connectivity index is 2.61. The van der Waals surface area contributed by atoms with E-state index in [2.05, 4.69) is 11.4 Å². The molecule has 0 bridgehead atoms. The van der Waals surface area contributed by atoms with Crippen molar-refractivity contribution < 1.29 is 4.92 Å². The van der Waals surface area contributed by atoms with Crippen LogP contribution in [0.4, 0.5) is 5.00 Å². The first-order valence-corrected chi connectivity index (χ1v) is 5.88. The second-order valence-corrected chi connectivity index (χ2v) is 4.85. The van der Waals surface area contributed by atoms with Gasteiger partial charge < -0.3 is 4.90 Å². The van der Waals surface area contributed by atoms with Crippen molar-refractivity contribution in [2.45, 2.75) is 6.04 Å². The summed E-state index contributed by atoms with van der Waals surface area (Å²) < 4.78 is 0.